The normalized spacial score (nSPS) is 13.0. The van der Waals surface area contributed by atoms with E-state index >= 15 is 0 Å². The molecule has 4 rings (SSSR count). The minimum absolute atomic E-state index is 0.0642. The molecule has 0 unspecified atom stereocenters. The van der Waals surface area contributed by atoms with Gasteiger partial charge in [0.2, 0.25) is 5.75 Å². The van der Waals surface area contributed by atoms with Crippen LogP contribution in [-0.2, 0) is 12.7 Å². The molecule has 174 valence electrons. The third kappa shape index (κ3) is 4.59. The number of alkyl halides is 3. The van der Waals surface area contributed by atoms with E-state index in [1.807, 2.05) is 0 Å². The molecule has 1 aliphatic heterocycles. The molecule has 1 aromatic heterocycles. The minimum atomic E-state index is -4.60. The van der Waals surface area contributed by atoms with Gasteiger partial charge in [0.1, 0.15) is 13.2 Å². The van der Waals surface area contributed by atoms with Crippen LogP contribution in [0.15, 0.2) is 36.4 Å². The van der Waals surface area contributed by atoms with E-state index in [2.05, 4.69) is 10.4 Å². The molecule has 10 heteroatoms. The third-order valence-corrected chi connectivity index (χ3v) is 5.18. The number of nitrogens with zero attached hydrogens (tertiary/aromatic N) is 2. The lowest BCUT2D eigenvalue weighted by atomic mass is 10.1. The zero-order chi connectivity index (χ0) is 23.8. The van der Waals surface area contributed by atoms with Gasteiger partial charge in [0.05, 0.1) is 24.1 Å². The molecule has 1 aliphatic rings. The zero-order valence-corrected chi connectivity index (χ0v) is 18.2. The summed E-state index contributed by atoms with van der Waals surface area (Å²) in [5, 5.41) is 6.79. The second kappa shape index (κ2) is 8.68. The number of hydrogen-bond acceptors (Lipinski definition) is 5. The Morgan fingerprint density at radius 1 is 1.15 bits per heavy atom. The van der Waals surface area contributed by atoms with Crippen LogP contribution in [-0.4, -0.2) is 36.0 Å². The third-order valence-electron chi connectivity index (χ3n) is 5.18. The number of halogens is 3. The second-order valence-corrected chi connectivity index (χ2v) is 7.56. The summed E-state index contributed by atoms with van der Waals surface area (Å²) in [6, 6.07) is 8.64. The van der Waals surface area contributed by atoms with Gasteiger partial charge in [0.25, 0.3) is 5.91 Å². The summed E-state index contributed by atoms with van der Waals surface area (Å²) in [5.74, 6) is 0.471. The highest BCUT2D eigenvalue weighted by atomic mass is 19.4. The Morgan fingerprint density at radius 3 is 2.58 bits per heavy atom. The monoisotopic (exact) mass is 461 g/mol. The van der Waals surface area contributed by atoms with Crippen LogP contribution >= 0.6 is 0 Å². The fourth-order valence-electron chi connectivity index (χ4n) is 3.69. The van der Waals surface area contributed by atoms with Crippen molar-refractivity contribution in [1.82, 2.24) is 15.1 Å². The van der Waals surface area contributed by atoms with Crippen molar-refractivity contribution in [2.24, 2.45) is 0 Å². The van der Waals surface area contributed by atoms with Crippen LogP contribution in [0.25, 0.3) is 5.69 Å². The molecule has 0 aliphatic carbocycles. The van der Waals surface area contributed by atoms with Crippen LogP contribution in [0.4, 0.5) is 13.2 Å². The van der Waals surface area contributed by atoms with Gasteiger partial charge < -0.3 is 19.5 Å². The van der Waals surface area contributed by atoms with Gasteiger partial charge in [-0.15, -0.1) is 0 Å². The van der Waals surface area contributed by atoms with E-state index in [-0.39, 0.29) is 17.7 Å². The van der Waals surface area contributed by atoms with Crippen molar-refractivity contribution < 1.29 is 32.2 Å². The Kier molecular flexibility index (Phi) is 5.92. The standard InChI is InChI=1S/C23H22F3N3O4/c1-13-8-14(2)29(28-13)17-5-4-15(18(11-17)23(24,25)26)12-27-22(30)16-9-19(31-3)21-20(10-16)32-6-7-33-21/h4-5,8-11H,6-7,12H2,1-3H3,(H,27,30). The van der Waals surface area contributed by atoms with Gasteiger partial charge in [-0.05, 0) is 49.7 Å². The molecule has 0 saturated carbocycles. The number of methoxy groups -OCH3 is 1. The molecule has 0 saturated heterocycles. The van der Waals surface area contributed by atoms with Gasteiger partial charge in [0, 0.05) is 17.8 Å². The van der Waals surface area contributed by atoms with Crippen molar-refractivity contribution in [1.29, 1.82) is 0 Å². The quantitative estimate of drug-likeness (QED) is 0.616. The minimum Gasteiger partial charge on any atom is -0.493 e. The fraction of sp³-hybridized carbons (Fsp3) is 0.304. The predicted molar refractivity (Wildman–Crippen MR) is 113 cm³/mol. The number of aryl methyl sites for hydroxylation is 2. The molecule has 33 heavy (non-hydrogen) atoms. The smallest absolute Gasteiger partial charge is 0.416 e. The number of aromatic nitrogens is 2. The summed E-state index contributed by atoms with van der Waals surface area (Å²) in [6.07, 6.45) is -4.60. The molecule has 0 spiro atoms. The zero-order valence-electron chi connectivity index (χ0n) is 18.2. The molecule has 0 atom stereocenters. The summed E-state index contributed by atoms with van der Waals surface area (Å²) in [6.45, 7) is 3.89. The van der Waals surface area contributed by atoms with Crippen molar-refractivity contribution in [2.75, 3.05) is 20.3 Å². The lowest BCUT2D eigenvalue weighted by Crippen LogP contribution is -2.25. The van der Waals surface area contributed by atoms with E-state index in [1.54, 1.807) is 26.0 Å². The highest BCUT2D eigenvalue weighted by molar-refractivity contribution is 5.95. The van der Waals surface area contributed by atoms with E-state index < -0.39 is 17.6 Å². The average molecular weight is 461 g/mol. The number of nitrogens with one attached hydrogen (secondary N) is 1. The maximum absolute atomic E-state index is 13.8. The molecule has 0 fully saturated rings. The number of amides is 1. The number of benzene rings is 2. The van der Waals surface area contributed by atoms with Crippen molar-refractivity contribution >= 4 is 5.91 Å². The van der Waals surface area contributed by atoms with Crippen LogP contribution in [0.1, 0.15) is 32.9 Å². The first-order valence-corrected chi connectivity index (χ1v) is 10.2. The maximum atomic E-state index is 13.8. The Hall–Kier alpha value is -3.69. The number of fused-ring (bicyclic) bond motifs is 1. The van der Waals surface area contributed by atoms with Crippen LogP contribution < -0.4 is 19.5 Å². The van der Waals surface area contributed by atoms with Crippen LogP contribution in [0, 0.1) is 13.8 Å². The number of ether oxygens (including phenoxy) is 3. The van der Waals surface area contributed by atoms with Crippen LogP contribution in [0.5, 0.6) is 17.2 Å². The molecule has 2 heterocycles. The topological polar surface area (TPSA) is 74.6 Å². The summed E-state index contributed by atoms with van der Waals surface area (Å²) >= 11 is 0. The van der Waals surface area contributed by atoms with Crippen LogP contribution in [0.3, 0.4) is 0 Å². The molecule has 1 N–H and O–H groups in total. The lowest BCUT2D eigenvalue weighted by Gasteiger charge is -2.21. The van der Waals surface area contributed by atoms with Crippen molar-refractivity contribution in [3.63, 3.8) is 0 Å². The predicted octanol–water partition coefficient (Wildman–Crippen LogP) is 4.22. The van der Waals surface area contributed by atoms with Crippen molar-refractivity contribution in [2.45, 2.75) is 26.6 Å². The summed E-state index contributed by atoms with van der Waals surface area (Å²) < 4.78 is 59.1. The fourth-order valence-corrected chi connectivity index (χ4v) is 3.69. The van der Waals surface area contributed by atoms with E-state index in [0.717, 1.165) is 6.07 Å². The average Bonchev–Trinajstić information content (AvgIpc) is 3.13. The molecular weight excluding hydrogens is 439 g/mol. The molecule has 0 radical (unpaired) electrons. The van der Waals surface area contributed by atoms with Gasteiger partial charge in [-0.25, -0.2) is 4.68 Å². The van der Waals surface area contributed by atoms with Gasteiger partial charge in [-0.2, -0.15) is 18.3 Å². The SMILES string of the molecule is COc1cc(C(=O)NCc2ccc(-n3nc(C)cc3C)cc2C(F)(F)F)cc2c1OCCO2. The molecule has 1 amide bonds. The molecule has 0 bridgehead atoms. The van der Waals surface area contributed by atoms with E-state index in [9.17, 15) is 18.0 Å². The Morgan fingerprint density at radius 2 is 1.91 bits per heavy atom. The molecular formula is C23H22F3N3O4. The van der Waals surface area contributed by atoms with Crippen molar-refractivity contribution in [3.8, 4) is 22.9 Å². The Balaban J connectivity index is 1.59. The Labute approximate surface area is 188 Å². The molecule has 3 aromatic rings. The summed E-state index contributed by atoms with van der Waals surface area (Å²) in [4.78, 5) is 12.7. The second-order valence-electron chi connectivity index (χ2n) is 7.56. The first-order valence-electron chi connectivity index (χ1n) is 10.2. The van der Waals surface area contributed by atoms with Gasteiger partial charge >= 0.3 is 6.18 Å². The lowest BCUT2D eigenvalue weighted by molar-refractivity contribution is -0.138. The number of carbonyl (C=O) groups excluding carboxylic acids is 1. The summed E-state index contributed by atoms with van der Waals surface area (Å²) in [7, 11) is 1.43. The first-order chi connectivity index (χ1) is 15.7. The van der Waals surface area contributed by atoms with E-state index in [0.29, 0.717) is 47.5 Å². The van der Waals surface area contributed by atoms with E-state index in [1.165, 1.54) is 30.0 Å². The van der Waals surface area contributed by atoms with Gasteiger partial charge in [-0.3, -0.25) is 4.79 Å². The Bertz CT molecular complexity index is 1190. The number of hydrogen-bond donors (Lipinski definition) is 1. The molecule has 7 nitrogen and oxygen atoms in total. The van der Waals surface area contributed by atoms with Crippen molar-refractivity contribution in [3.05, 3.63) is 64.5 Å². The number of rotatable bonds is 5. The first kappa shape index (κ1) is 22.5. The summed E-state index contributed by atoms with van der Waals surface area (Å²) in [5.41, 5.74) is 0.989. The van der Waals surface area contributed by atoms with Crippen LogP contribution in [0.2, 0.25) is 0 Å². The van der Waals surface area contributed by atoms with E-state index in [4.69, 9.17) is 14.2 Å². The van der Waals surface area contributed by atoms with Gasteiger partial charge in [0.15, 0.2) is 11.5 Å². The largest absolute Gasteiger partial charge is 0.493 e. The van der Waals surface area contributed by atoms with Gasteiger partial charge in [-0.1, -0.05) is 6.07 Å². The highest BCUT2D eigenvalue weighted by Crippen LogP contribution is 2.40. The number of carbonyl (C=O) groups is 1. The highest BCUT2D eigenvalue weighted by Gasteiger charge is 2.34. The molecule has 2 aromatic carbocycles. The maximum Gasteiger partial charge on any atom is 0.416 e.